The van der Waals surface area contributed by atoms with Gasteiger partial charge in [-0.25, -0.2) is 4.79 Å². The van der Waals surface area contributed by atoms with Gasteiger partial charge in [-0.3, -0.25) is 0 Å². The number of carbonyl (C=O) groups excluding carboxylic acids is 1. The Balaban J connectivity index is 2.50. The molecule has 0 saturated heterocycles. The van der Waals surface area contributed by atoms with Crippen LogP contribution in [0.4, 0.5) is 4.79 Å². The van der Waals surface area contributed by atoms with E-state index in [4.69, 9.17) is 9.84 Å². The van der Waals surface area contributed by atoms with Gasteiger partial charge in [0, 0.05) is 6.20 Å². The molecule has 0 radical (unpaired) electrons. The molecule has 0 bridgehead atoms. The largest absolute Gasteiger partial charge is 0.442 e. The van der Waals surface area contributed by atoms with E-state index >= 15 is 0 Å². The summed E-state index contributed by atoms with van der Waals surface area (Å²) < 4.78 is 6.41. The molecule has 0 saturated carbocycles. The molecule has 1 unspecified atom stereocenters. The summed E-state index contributed by atoms with van der Waals surface area (Å²) >= 11 is 0. The topological polar surface area (TPSA) is 64.4 Å². The Morgan fingerprint density at radius 2 is 2.22 bits per heavy atom. The number of hydrogen-bond donors (Lipinski definition) is 1. The molecule has 5 heteroatoms. The molecule has 1 aromatic heterocycles. The maximum Gasteiger partial charge on any atom is 0.435 e. The van der Waals surface area contributed by atoms with E-state index < -0.39 is 11.7 Å². The highest BCUT2D eigenvalue weighted by Crippen LogP contribution is 2.10. The Hall–Kier alpha value is -1.36. The SMILES string of the molecule is CC(O)CCCc1ccn(C(=O)OC(C)(C)C)n1. The van der Waals surface area contributed by atoms with Crippen LogP contribution in [0, 0.1) is 0 Å². The second-order valence-corrected chi connectivity index (χ2v) is 5.47. The first-order valence-corrected chi connectivity index (χ1v) is 6.24. The predicted molar refractivity (Wildman–Crippen MR) is 68.5 cm³/mol. The molecule has 1 N–H and O–H groups in total. The van der Waals surface area contributed by atoms with Gasteiger partial charge in [0.1, 0.15) is 5.60 Å². The van der Waals surface area contributed by atoms with Crippen LogP contribution in [0.3, 0.4) is 0 Å². The summed E-state index contributed by atoms with van der Waals surface area (Å²) in [5.41, 5.74) is 0.316. The normalized spacial score (nSPS) is 13.4. The van der Waals surface area contributed by atoms with Crippen molar-refractivity contribution in [2.24, 2.45) is 0 Å². The molecule has 1 aromatic rings. The van der Waals surface area contributed by atoms with E-state index in [1.54, 1.807) is 19.2 Å². The molecule has 0 fully saturated rings. The number of aromatic nitrogens is 2. The van der Waals surface area contributed by atoms with Crippen molar-refractivity contribution in [1.29, 1.82) is 0 Å². The smallest absolute Gasteiger partial charge is 0.435 e. The molecule has 102 valence electrons. The highest BCUT2D eigenvalue weighted by atomic mass is 16.6. The van der Waals surface area contributed by atoms with Gasteiger partial charge in [-0.1, -0.05) is 0 Å². The molecule has 0 aromatic carbocycles. The summed E-state index contributed by atoms with van der Waals surface area (Å²) in [5.74, 6) is 0. The number of aliphatic hydroxyl groups excluding tert-OH is 1. The van der Waals surface area contributed by atoms with Crippen LogP contribution < -0.4 is 0 Å². The lowest BCUT2D eigenvalue weighted by atomic mass is 10.1. The Morgan fingerprint density at radius 1 is 1.56 bits per heavy atom. The molecule has 1 rings (SSSR count). The van der Waals surface area contributed by atoms with Crippen molar-refractivity contribution in [3.8, 4) is 0 Å². The number of aliphatic hydroxyl groups is 1. The second kappa shape index (κ2) is 6.00. The van der Waals surface area contributed by atoms with E-state index in [1.807, 2.05) is 20.8 Å². The van der Waals surface area contributed by atoms with E-state index in [0.717, 1.165) is 25.0 Å². The van der Waals surface area contributed by atoms with Crippen molar-refractivity contribution >= 4 is 6.09 Å². The monoisotopic (exact) mass is 254 g/mol. The molecule has 1 heterocycles. The van der Waals surface area contributed by atoms with E-state index in [0.29, 0.717) is 0 Å². The Bertz CT molecular complexity index is 391. The average Bonchev–Trinajstić information content (AvgIpc) is 2.63. The average molecular weight is 254 g/mol. The minimum Gasteiger partial charge on any atom is -0.442 e. The van der Waals surface area contributed by atoms with Crippen molar-refractivity contribution in [2.75, 3.05) is 0 Å². The van der Waals surface area contributed by atoms with Crippen LogP contribution in [0.15, 0.2) is 12.3 Å². The van der Waals surface area contributed by atoms with Crippen LogP contribution >= 0.6 is 0 Å². The summed E-state index contributed by atoms with van der Waals surface area (Å²) in [6, 6.07) is 1.80. The zero-order valence-corrected chi connectivity index (χ0v) is 11.5. The third-order valence-corrected chi connectivity index (χ3v) is 2.28. The van der Waals surface area contributed by atoms with E-state index in [9.17, 15) is 4.79 Å². The summed E-state index contributed by atoms with van der Waals surface area (Å²) in [6.45, 7) is 7.22. The minimum absolute atomic E-state index is 0.294. The molecular weight excluding hydrogens is 232 g/mol. The number of carbonyl (C=O) groups is 1. The van der Waals surface area contributed by atoms with Crippen LogP contribution in [0.5, 0.6) is 0 Å². The highest BCUT2D eigenvalue weighted by molar-refractivity contribution is 5.69. The first-order chi connectivity index (χ1) is 8.28. The first kappa shape index (κ1) is 14.7. The summed E-state index contributed by atoms with van der Waals surface area (Å²) in [5, 5.41) is 13.3. The van der Waals surface area contributed by atoms with Crippen LogP contribution in [0.1, 0.15) is 46.2 Å². The van der Waals surface area contributed by atoms with Gasteiger partial charge in [-0.05, 0) is 53.0 Å². The van der Waals surface area contributed by atoms with Gasteiger partial charge in [0.25, 0.3) is 0 Å². The molecule has 0 aliphatic carbocycles. The van der Waals surface area contributed by atoms with Gasteiger partial charge in [-0.2, -0.15) is 9.78 Å². The van der Waals surface area contributed by atoms with Crippen molar-refractivity contribution in [1.82, 2.24) is 9.78 Å². The fraction of sp³-hybridized carbons (Fsp3) is 0.692. The van der Waals surface area contributed by atoms with Crippen LogP contribution in [0.2, 0.25) is 0 Å². The minimum atomic E-state index is -0.518. The summed E-state index contributed by atoms with van der Waals surface area (Å²) in [4.78, 5) is 11.7. The fourth-order valence-electron chi connectivity index (χ4n) is 1.48. The number of hydrogen-bond acceptors (Lipinski definition) is 4. The molecule has 0 aliphatic heterocycles. The van der Waals surface area contributed by atoms with Crippen molar-refractivity contribution in [2.45, 2.75) is 58.7 Å². The first-order valence-electron chi connectivity index (χ1n) is 6.24. The highest BCUT2D eigenvalue weighted by Gasteiger charge is 2.18. The van der Waals surface area contributed by atoms with Crippen molar-refractivity contribution in [3.63, 3.8) is 0 Å². The molecule has 0 amide bonds. The molecule has 5 nitrogen and oxygen atoms in total. The lowest BCUT2D eigenvalue weighted by Crippen LogP contribution is -2.27. The van der Waals surface area contributed by atoms with Gasteiger partial charge in [0.15, 0.2) is 0 Å². The summed E-state index contributed by atoms with van der Waals surface area (Å²) in [7, 11) is 0. The number of nitrogens with zero attached hydrogens (tertiary/aromatic N) is 2. The number of aryl methyl sites for hydroxylation is 1. The fourth-order valence-corrected chi connectivity index (χ4v) is 1.48. The van der Waals surface area contributed by atoms with Gasteiger partial charge in [0.05, 0.1) is 11.8 Å². The zero-order valence-electron chi connectivity index (χ0n) is 11.5. The Labute approximate surface area is 108 Å². The van der Waals surface area contributed by atoms with E-state index in [-0.39, 0.29) is 6.10 Å². The van der Waals surface area contributed by atoms with Crippen LogP contribution in [-0.4, -0.2) is 32.7 Å². The lowest BCUT2D eigenvalue weighted by Gasteiger charge is -2.18. The Kier molecular flexibility index (Phi) is 4.90. The standard InChI is InChI=1S/C13H22N2O3/c1-10(16)6-5-7-11-8-9-15(14-11)12(17)18-13(2,3)4/h8-10,16H,5-7H2,1-4H3. The number of rotatable bonds is 4. The van der Waals surface area contributed by atoms with Crippen molar-refractivity contribution < 1.29 is 14.6 Å². The predicted octanol–water partition coefficient (Wildman–Crippen LogP) is 2.37. The van der Waals surface area contributed by atoms with E-state index in [2.05, 4.69) is 5.10 Å². The van der Waals surface area contributed by atoms with E-state index in [1.165, 1.54) is 4.68 Å². The van der Waals surface area contributed by atoms with Gasteiger partial charge < -0.3 is 9.84 Å². The maximum absolute atomic E-state index is 11.7. The maximum atomic E-state index is 11.7. The summed E-state index contributed by atoms with van der Waals surface area (Å²) in [6.07, 6.45) is 3.18. The molecule has 0 spiro atoms. The third-order valence-electron chi connectivity index (χ3n) is 2.28. The molecule has 1 atom stereocenters. The van der Waals surface area contributed by atoms with Crippen molar-refractivity contribution in [3.05, 3.63) is 18.0 Å². The van der Waals surface area contributed by atoms with Crippen LogP contribution in [-0.2, 0) is 11.2 Å². The molecule has 18 heavy (non-hydrogen) atoms. The second-order valence-electron chi connectivity index (χ2n) is 5.47. The van der Waals surface area contributed by atoms with Gasteiger partial charge in [-0.15, -0.1) is 0 Å². The third kappa shape index (κ3) is 5.31. The van der Waals surface area contributed by atoms with Gasteiger partial charge in [0.2, 0.25) is 0 Å². The molecule has 0 aliphatic rings. The van der Waals surface area contributed by atoms with Gasteiger partial charge >= 0.3 is 6.09 Å². The number of ether oxygens (including phenoxy) is 1. The zero-order chi connectivity index (χ0) is 13.8. The quantitative estimate of drug-likeness (QED) is 0.896. The van der Waals surface area contributed by atoms with Crippen LogP contribution in [0.25, 0.3) is 0 Å². The molecular formula is C13H22N2O3. The Morgan fingerprint density at radius 3 is 2.78 bits per heavy atom. The lowest BCUT2D eigenvalue weighted by molar-refractivity contribution is 0.0513.